The van der Waals surface area contributed by atoms with E-state index in [1.807, 2.05) is 0 Å². The molecule has 2 fully saturated rings. The predicted molar refractivity (Wildman–Crippen MR) is 84.0 cm³/mol. The molecule has 0 spiro atoms. The molecule has 20 heavy (non-hydrogen) atoms. The van der Waals surface area contributed by atoms with E-state index in [1.165, 1.54) is 30.8 Å². The van der Waals surface area contributed by atoms with Crippen molar-refractivity contribution >= 4 is 5.69 Å². The van der Waals surface area contributed by atoms with Crippen LogP contribution in [0.2, 0.25) is 0 Å². The molecular formula is C18H22N2. The largest absolute Gasteiger partial charge is 0.369 e. The lowest BCUT2D eigenvalue weighted by atomic mass is 10.0. The molecule has 0 aromatic heterocycles. The lowest BCUT2D eigenvalue weighted by Crippen LogP contribution is -2.51. The van der Waals surface area contributed by atoms with Crippen molar-refractivity contribution in [3.8, 4) is 0 Å². The minimum absolute atomic E-state index is 0.377. The van der Waals surface area contributed by atoms with Crippen LogP contribution >= 0.6 is 0 Å². The second-order valence-electron chi connectivity index (χ2n) is 6.36. The summed E-state index contributed by atoms with van der Waals surface area (Å²) in [6.07, 6.45) is 8.56. The van der Waals surface area contributed by atoms with Crippen LogP contribution in [-0.2, 0) is 0 Å². The van der Waals surface area contributed by atoms with E-state index in [0.29, 0.717) is 5.54 Å². The van der Waals surface area contributed by atoms with Gasteiger partial charge in [-0.1, -0.05) is 42.0 Å². The number of hydrogen-bond acceptors (Lipinski definition) is 2. The Labute approximate surface area is 121 Å². The van der Waals surface area contributed by atoms with Gasteiger partial charge in [0.05, 0.1) is 0 Å². The van der Waals surface area contributed by atoms with Crippen molar-refractivity contribution < 1.29 is 0 Å². The maximum atomic E-state index is 2.70. The highest BCUT2D eigenvalue weighted by Crippen LogP contribution is 2.53. The van der Waals surface area contributed by atoms with Crippen molar-refractivity contribution in [2.75, 3.05) is 31.1 Å². The Balaban J connectivity index is 1.43. The molecule has 2 unspecified atom stereocenters. The maximum absolute atomic E-state index is 2.70. The summed E-state index contributed by atoms with van der Waals surface area (Å²) >= 11 is 0. The number of allylic oxidation sites excluding steroid dienone is 2. The van der Waals surface area contributed by atoms with Gasteiger partial charge in [0.1, 0.15) is 0 Å². The first-order valence-corrected chi connectivity index (χ1v) is 7.71. The van der Waals surface area contributed by atoms with Gasteiger partial charge in [0, 0.05) is 43.3 Å². The molecule has 0 N–H and O–H groups in total. The number of benzene rings is 1. The van der Waals surface area contributed by atoms with E-state index in [1.54, 1.807) is 0 Å². The van der Waals surface area contributed by atoms with Crippen molar-refractivity contribution in [1.29, 1.82) is 0 Å². The first kappa shape index (κ1) is 12.2. The number of fused-ring (bicyclic) bond motifs is 1. The third-order valence-corrected chi connectivity index (χ3v) is 5.12. The third-order valence-electron chi connectivity index (χ3n) is 5.12. The summed E-state index contributed by atoms with van der Waals surface area (Å²) in [5.41, 5.74) is 3.18. The van der Waals surface area contributed by atoms with E-state index in [2.05, 4.69) is 65.3 Å². The number of rotatable bonds is 2. The van der Waals surface area contributed by atoms with Gasteiger partial charge in [0.15, 0.2) is 0 Å². The summed E-state index contributed by atoms with van der Waals surface area (Å²) in [5.74, 6) is 0.774. The van der Waals surface area contributed by atoms with Crippen LogP contribution in [0.4, 0.5) is 5.69 Å². The summed E-state index contributed by atoms with van der Waals surface area (Å²) in [7, 11) is 0. The van der Waals surface area contributed by atoms with Crippen molar-refractivity contribution in [2.45, 2.75) is 18.9 Å². The summed E-state index contributed by atoms with van der Waals surface area (Å²) < 4.78 is 0. The van der Waals surface area contributed by atoms with Crippen LogP contribution in [0, 0.1) is 5.92 Å². The Morgan fingerprint density at radius 3 is 2.50 bits per heavy atom. The molecule has 1 saturated heterocycles. The number of piperazine rings is 1. The van der Waals surface area contributed by atoms with Crippen LogP contribution in [0.25, 0.3) is 0 Å². The van der Waals surface area contributed by atoms with Gasteiger partial charge >= 0.3 is 0 Å². The normalized spacial score (nSPS) is 32.8. The molecule has 1 aromatic carbocycles. The van der Waals surface area contributed by atoms with E-state index >= 15 is 0 Å². The fraction of sp³-hybridized carbons (Fsp3) is 0.444. The average molecular weight is 266 g/mol. The average Bonchev–Trinajstić information content (AvgIpc) is 3.23. The Hall–Kier alpha value is -1.54. The van der Waals surface area contributed by atoms with Crippen molar-refractivity contribution in [2.24, 2.45) is 5.92 Å². The molecule has 2 atom stereocenters. The molecular weight excluding hydrogens is 244 g/mol. The molecule has 1 saturated carbocycles. The second kappa shape index (κ2) is 4.49. The second-order valence-corrected chi connectivity index (χ2v) is 6.36. The minimum Gasteiger partial charge on any atom is -0.369 e. The zero-order chi connectivity index (χ0) is 13.6. The molecule has 0 bridgehead atoms. The zero-order valence-corrected chi connectivity index (χ0v) is 12.1. The Kier molecular flexibility index (Phi) is 2.74. The van der Waals surface area contributed by atoms with E-state index in [4.69, 9.17) is 0 Å². The fourth-order valence-electron chi connectivity index (χ4n) is 3.83. The van der Waals surface area contributed by atoms with E-state index in [-0.39, 0.29) is 0 Å². The van der Waals surface area contributed by atoms with Crippen molar-refractivity contribution in [3.63, 3.8) is 0 Å². The lowest BCUT2D eigenvalue weighted by molar-refractivity contribution is 0.192. The topological polar surface area (TPSA) is 6.48 Å². The molecule has 2 aliphatic carbocycles. The van der Waals surface area contributed by atoms with Crippen LogP contribution in [0.3, 0.4) is 0 Å². The van der Waals surface area contributed by atoms with Gasteiger partial charge in [-0.25, -0.2) is 0 Å². The fourth-order valence-corrected chi connectivity index (χ4v) is 3.83. The van der Waals surface area contributed by atoms with Gasteiger partial charge in [0.25, 0.3) is 0 Å². The summed E-state index contributed by atoms with van der Waals surface area (Å²) in [6.45, 7) is 6.88. The molecule has 0 amide bonds. The highest BCUT2D eigenvalue weighted by Gasteiger charge is 2.56. The molecule has 104 valence electrons. The van der Waals surface area contributed by atoms with Gasteiger partial charge in [-0.15, -0.1) is 0 Å². The molecule has 2 nitrogen and oxygen atoms in total. The van der Waals surface area contributed by atoms with Crippen LogP contribution in [0.1, 0.15) is 13.3 Å². The maximum Gasteiger partial charge on any atom is 0.0465 e. The Bertz CT molecular complexity index is 552. The van der Waals surface area contributed by atoms with Crippen LogP contribution in [-0.4, -0.2) is 36.6 Å². The standard InChI is InChI=1S/C18H22N2/c1-15-7-8-18(14-16(18)13-15)20-11-9-19(10-12-20)17-5-3-2-4-6-17/h2-8,13,16H,9-12,14H2,1H3. The number of para-hydroxylation sites is 1. The molecule has 1 aliphatic heterocycles. The van der Waals surface area contributed by atoms with E-state index < -0.39 is 0 Å². The molecule has 2 heteroatoms. The van der Waals surface area contributed by atoms with Gasteiger partial charge in [-0.3, -0.25) is 4.90 Å². The van der Waals surface area contributed by atoms with E-state index in [0.717, 1.165) is 19.0 Å². The van der Waals surface area contributed by atoms with Gasteiger partial charge in [0.2, 0.25) is 0 Å². The van der Waals surface area contributed by atoms with E-state index in [9.17, 15) is 0 Å². The quantitative estimate of drug-likeness (QED) is 0.811. The highest BCUT2D eigenvalue weighted by atomic mass is 15.3. The highest BCUT2D eigenvalue weighted by molar-refractivity contribution is 5.47. The summed E-state index contributed by atoms with van der Waals surface area (Å²) in [4.78, 5) is 5.22. The molecule has 0 radical (unpaired) electrons. The molecule has 3 aliphatic rings. The van der Waals surface area contributed by atoms with Crippen LogP contribution in [0.15, 0.2) is 54.1 Å². The summed E-state index contributed by atoms with van der Waals surface area (Å²) in [5, 5.41) is 0. The zero-order valence-electron chi connectivity index (χ0n) is 12.1. The first-order valence-electron chi connectivity index (χ1n) is 7.71. The number of hydrogen-bond donors (Lipinski definition) is 0. The Morgan fingerprint density at radius 2 is 1.80 bits per heavy atom. The van der Waals surface area contributed by atoms with Gasteiger partial charge < -0.3 is 4.90 Å². The third kappa shape index (κ3) is 1.90. The predicted octanol–water partition coefficient (Wildman–Crippen LogP) is 3.08. The molecule has 4 rings (SSSR count). The number of nitrogens with zero attached hydrogens (tertiary/aromatic N) is 2. The smallest absolute Gasteiger partial charge is 0.0465 e. The SMILES string of the molecule is CC1=CC2CC2(N2CCN(c3ccccc3)CC2)C=C1. The van der Waals surface area contributed by atoms with Crippen LogP contribution in [0.5, 0.6) is 0 Å². The summed E-state index contributed by atoms with van der Waals surface area (Å²) in [6, 6.07) is 10.8. The first-order chi connectivity index (χ1) is 9.78. The van der Waals surface area contributed by atoms with Gasteiger partial charge in [-0.2, -0.15) is 0 Å². The Morgan fingerprint density at radius 1 is 1.05 bits per heavy atom. The van der Waals surface area contributed by atoms with Crippen molar-refractivity contribution in [3.05, 3.63) is 54.1 Å². The molecule has 1 heterocycles. The number of anilines is 1. The lowest BCUT2D eigenvalue weighted by Gasteiger charge is -2.40. The molecule has 1 aromatic rings. The minimum atomic E-state index is 0.377. The van der Waals surface area contributed by atoms with Crippen LogP contribution < -0.4 is 4.90 Å². The van der Waals surface area contributed by atoms with Crippen molar-refractivity contribution in [1.82, 2.24) is 4.90 Å². The monoisotopic (exact) mass is 266 g/mol. The van der Waals surface area contributed by atoms with Gasteiger partial charge in [-0.05, 0) is 25.5 Å².